The molecule has 0 spiro atoms. The van der Waals surface area contributed by atoms with Gasteiger partial charge in [-0.05, 0) is 24.6 Å². The number of rotatable bonds is 2. The second-order valence-electron chi connectivity index (χ2n) is 3.67. The summed E-state index contributed by atoms with van der Waals surface area (Å²) in [6, 6.07) is 6.16. The van der Waals surface area contributed by atoms with Gasteiger partial charge in [-0.3, -0.25) is 0 Å². The minimum atomic E-state index is 0.894. The van der Waals surface area contributed by atoms with E-state index in [-0.39, 0.29) is 0 Å². The maximum atomic E-state index is 5.23. The molecule has 0 atom stereocenters. The zero-order chi connectivity index (χ0) is 11.0. The molecule has 1 aromatic heterocycles. The van der Waals surface area contributed by atoms with E-state index < -0.39 is 0 Å². The molecule has 0 bridgehead atoms. The van der Waals surface area contributed by atoms with Crippen LogP contribution in [0.25, 0.3) is 10.9 Å². The van der Waals surface area contributed by atoms with Crippen molar-refractivity contribution in [3.05, 3.63) is 23.8 Å². The van der Waals surface area contributed by atoms with Gasteiger partial charge in [-0.2, -0.15) is 0 Å². The highest BCUT2D eigenvalue weighted by Gasteiger charge is 2.10. The monoisotopic (exact) mass is 204 g/mol. The first-order valence-corrected chi connectivity index (χ1v) is 4.99. The van der Waals surface area contributed by atoms with Crippen LogP contribution in [0.1, 0.15) is 5.56 Å². The van der Waals surface area contributed by atoms with Gasteiger partial charge in [0.25, 0.3) is 0 Å². The highest BCUT2D eigenvalue weighted by Crippen LogP contribution is 2.30. The Balaban J connectivity index is 2.77. The van der Waals surface area contributed by atoms with E-state index >= 15 is 0 Å². The number of ether oxygens (including phenoxy) is 1. The summed E-state index contributed by atoms with van der Waals surface area (Å²) in [5.41, 5.74) is 2.47. The number of anilines is 1. The Morgan fingerprint density at radius 2 is 2.07 bits per heavy atom. The van der Waals surface area contributed by atoms with Gasteiger partial charge in [-0.15, -0.1) is 0 Å². The average Bonchev–Trinajstić information content (AvgIpc) is 2.51. The quantitative estimate of drug-likeness (QED) is 0.813. The molecule has 1 aromatic carbocycles. The molecule has 0 aliphatic rings. The highest BCUT2D eigenvalue weighted by molar-refractivity contribution is 5.90. The van der Waals surface area contributed by atoms with Crippen LogP contribution in [-0.4, -0.2) is 18.7 Å². The van der Waals surface area contributed by atoms with E-state index in [4.69, 9.17) is 4.74 Å². The molecule has 80 valence electrons. The van der Waals surface area contributed by atoms with Crippen molar-refractivity contribution in [2.45, 2.75) is 6.92 Å². The van der Waals surface area contributed by atoms with Gasteiger partial charge in [0.15, 0.2) is 0 Å². The summed E-state index contributed by atoms with van der Waals surface area (Å²) < 4.78 is 7.37. The number of fused-ring (bicyclic) bond motifs is 1. The molecule has 3 heteroatoms. The number of nitrogens with one attached hydrogen (secondary N) is 1. The van der Waals surface area contributed by atoms with Crippen molar-refractivity contribution in [2.24, 2.45) is 7.05 Å². The molecule has 0 amide bonds. The molecule has 15 heavy (non-hydrogen) atoms. The first-order chi connectivity index (χ1) is 7.19. The molecule has 0 unspecified atom stereocenters. The maximum absolute atomic E-state index is 5.23. The molecule has 0 radical (unpaired) electrons. The van der Waals surface area contributed by atoms with Crippen LogP contribution in [0.5, 0.6) is 5.75 Å². The van der Waals surface area contributed by atoms with Crippen molar-refractivity contribution >= 4 is 16.7 Å². The summed E-state index contributed by atoms with van der Waals surface area (Å²) in [7, 11) is 5.69. The SMILES string of the molecule is CNc1c(C)c2ccc(OC)cc2n1C. The van der Waals surface area contributed by atoms with E-state index in [1.165, 1.54) is 16.5 Å². The lowest BCUT2D eigenvalue weighted by molar-refractivity contribution is 0.415. The minimum absolute atomic E-state index is 0.894. The summed E-state index contributed by atoms with van der Waals surface area (Å²) in [6.45, 7) is 2.13. The normalized spacial score (nSPS) is 10.7. The van der Waals surface area contributed by atoms with Crippen LogP contribution in [-0.2, 0) is 7.05 Å². The zero-order valence-corrected chi connectivity index (χ0v) is 9.59. The van der Waals surface area contributed by atoms with Crippen molar-refractivity contribution in [2.75, 3.05) is 19.5 Å². The predicted octanol–water partition coefficient (Wildman–Crippen LogP) is 2.54. The Hall–Kier alpha value is -1.64. The summed E-state index contributed by atoms with van der Waals surface area (Å²) in [5, 5.41) is 4.48. The Morgan fingerprint density at radius 1 is 1.33 bits per heavy atom. The van der Waals surface area contributed by atoms with E-state index in [1.54, 1.807) is 7.11 Å². The van der Waals surface area contributed by atoms with E-state index in [1.807, 2.05) is 13.1 Å². The third kappa shape index (κ3) is 1.35. The smallest absolute Gasteiger partial charge is 0.120 e. The fraction of sp³-hybridized carbons (Fsp3) is 0.333. The van der Waals surface area contributed by atoms with Crippen LogP contribution >= 0.6 is 0 Å². The fourth-order valence-electron chi connectivity index (χ4n) is 2.09. The van der Waals surface area contributed by atoms with Gasteiger partial charge < -0.3 is 14.6 Å². The molecule has 0 saturated carbocycles. The van der Waals surface area contributed by atoms with Gasteiger partial charge in [0.05, 0.1) is 12.6 Å². The second kappa shape index (κ2) is 3.50. The number of hydrogen-bond acceptors (Lipinski definition) is 2. The number of hydrogen-bond donors (Lipinski definition) is 1. The van der Waals surface area contributed by atoms with Crippen LogP contribution in [0.4, 0.5) is 5.82 Å². The highest BCUT2D eigenvalue weighted by atomic mass is 16.5. The Morgan fingerprint density at radius 3 is 2.67 bits per heavy atom. The van der Waals surface area contributed by atoms with Gasteiger partial charge >= 0.3 is 0 Å². The van der Waals surface area contributed by atoms with Crippen LogP contribution in [0.3, 0.4) is 0 Å². The van der Waals surface area contributed by atoms with Crippen LogP contribution in [0.2, 0.25) is 0 Å². The largest absolute Gasteiger partial charge is 0.497 e. The molecule has 0 saturated heterocycles. The molecule has 3 nitrogen and oxygen atoms in total. The molecule has 0 aliphatic heterocycles. The van der Waals surface area contributed by atoms with Gasteiger partial charge in [0, 0.05) is 25.5 Å². The van der Waals surface area contributed by atoms with Crippen molar-refractivity contribution in [3.63, 3.8) is 0 Å². The van der Waals surface area contributed by atoms with Crippen molar-refractivity contribution < 1.29 is 4.74 Å². The zero-order valence-electron chi connectivity index (χ0n) is 9.59. The predicted molar refractivity (Wildman–Crippen MR) is 63.8 cm³/mol. The summed E-state index contributed by atoms with van der Waals surface area (Å²) in [5.74, 6) is 2.05. The molecule has 2 rings (SSSR count). The first kappa shape index (κ1) is 9.90. The van der Waals surface area contributed by atoms with Crippen molar-refractivity contribution in [1.29, 1.82) is 0 Å². The minimum Gasteiger partial charge on any atom is -0.497 e. The van der Waals surface area contributed by atoms with Crippen LogP contribution in [0, 0.1) is 6.92 Å². The lowest BCUT2D eigenvalue weighted by Gasteiger charge is -2.04. The number of nitrogens with zero attached hydrogens (tertiary/aromatic N) is 1. The van der Waals surface area contributed by atoms with E-state index in [0.717, 1.165) is 11.6 Å². The molecule has 2 aromatic rings. The third-order valence-corrected chi connectivity index (χ3v) is 2.90. The number of aryl methyl sites for hydroxylation is 2. The molecule has 0 fully saturated rings. The van der Waals surface area contributed by atoms with Gasteiger partial charge in [0.1, 0.15) is 11.6 Å². The lowest BCUT2D eigenvalue weighted by Crippen LogP contribution is -1.97. The summed E-state index contributed by atoms with van der Waals surface area (Å²) in [4.78, 5) is 0. The number of benzene rings is 1. The number of methoxy groups -OCH3 is 1. The second-order valence-corrected chi connectivity index (χ2v) is 3.67. The summed E-state index contributed by atoms with van der Waals surface area (Å²) >= 11 is 0. The van der Waals surface area contributed by atoms with Crippen molar-refractivity contribution in [1.82, 2.24) is 4.57 Å². The molecule has 1 heterocycles. The Labute approximate surface area is 89.7 Å². The van der Waals surface area contributed by atoms with E-state index in [0.29, 0.717) is 0 Å². The molecule has 0 aliphatic carbocycles. The number of aromatic nitrogens is 1. The van der Waals surface area contributed by atoms with Gasteiger partial charge in [-0.1, -0.05) is 0 Å². The van der Waals surface area contributed by atoms with E-state index in [2.05, 4.69) is 36.0 Å². The lowest BCUT2D eigenvalue weighted by atomic mass is 10.2. The maximum Gasteiger partial charge on any atom is 0.120 e. The standard InChI is InChI=1S/C12H16N2O/c1-8-10-6-5-9(15-4)7-11(10)14(3)12(8)13-2/h5-7,13H,1-4H3. The van der Waals surface area contributed by atoms with Gasteiger partial charge in [0.2, 0.25) is 0 Å². The van der Waals surface area contributed by atoms with Crippen molar-refractivity contribution in [3.8, 4) is 5.75 Å². The Bertz CT molecular complexity index is 500. The Kier molecular flexibility index (Phi) is 2.31. The van der Waals surface area contributed by atoms with Crippen LogP contribution < -0.4 is 10.1 Å². The van der Waals surface area contributed by atoms with Crippen LogP contribution in [0.15, 0.2) is 18.2 Å². The first-order valence-electron chi connectivity index (χ1n) is 4.99. The summed E-state index contributed by atoms with van der Waals surface area (Å²) in [6.07, 6.45) is 0. The van der Waals surface area contributed by atoms with E-state index in [9.17, 15) is 0 Å². The van der Waals surface area contributed by atoms with Gasteiger partial charge in [-0.25, -0.2) is 0 Å². The topological polar surface area (TPSA) is 26.2 Å². The molecule has 1 N–H and O–H groups in total. The fourth-order valence-corrected chi connectivity index (χ4v) is 2.09. The molecular formula is C12H16N2O. The average molecular weight is 204 g/mol. The molecular weight excluding hydrogens is 188 g/mol. The third-order valence-electron chi connectivity index (χ3n) is 2.90.